The molecule has 4 N–H and O–H groups in total. The van der Waals surface area contributed by atoms with Crippen LogP contribution in [0.25, 0.3) is 0 Å². The molecule has 1 saturated heterocycles. The van der Waals surface area contributed by atoms with Gasteiger partial charge in [-0.25, -0.2) is 10.8 Å². The first-order valence-corrected chi connectivity index (χ1v) is 5.21. The van der Waals surface area contributed by atoms with Crippen molar-refractivity contribution in [1.82, 2.24) is 15.4 Å². The quantitative estimate of drug-likeness (QED) is 0.365. The number of hydrazine groups is 2. The van der Waals surface area contributed by atoms with Crippen molar-refractivity contribution in [2.45, 2.75) is 12.8 Å². The lowest BCUT2D eigenvalue weighted by Gasteiger charge is -2.14. The smallest absolute Gasteiger partial charge is 0.271 e. The standard InChI is InChI=1S/C10H11N5O3/c11-13-7-2-1-6(5-12-7)10(18)14-15-8(16)3-4-9(15)17/h1-2,5H,3-4,11H2,(H,12,13)(H,14,18). The Bertz CT molecular complexity index is 483. The second-order valence-electron chi connectivity index (χ2n) is 3.64. The molecule has 1 aliphatic rings. The number of anilines is 1. The fourth-order valence-corrected chi connectivity index (χ4v) is 1.48. The molecule has 18 heavy (non-hydrogen) atoms. The Morgan fingerprint density at radius 2 is 1.94 bits per heavy atom. The van der Waals surface area contributed by atoms with Crippen LogP contribution in [0.1, 0.15) is 23.2 Å². The number of nitrogens with zero attached hydrogens (tertiary/aromatic N) is 2. The van der Waals surface area contributed by atoms with Crippen LogP contribution < -0.4 is 16.7 Å². The number of amides is 3. The maximum Gasteiger partial charge on any atom is 0.271 e. The van der Waals surface area contributed by atoms with Gasteiger partial charge in [0.15, 0.2) is 0 Å². The van der Waals surface area contributed by atoms with E-state index >= 15 is 0 Å². The van der Waals surface area contributed by atoms with Crippen molar-refractivity contribution in [3.63, 3.8) is 0 Å². The van der Waals surface area contributed by atoms with Crippen LogP contribution in [-0.4, -0.2) is 27.7 Å². The zero-order valence-corrected chi connectivity index (χ0v) is 9.34. The van der Waals surface area contributed by atoms with E-state index in [0.29, 0.717) is 5.82 Å². The minimum absolute atomic E-state index is 0.118. The molecule has 0 bridgehead atoms. The molecule has 1 aromatic rings. The van der Waals surface area contributed by atoms with Crippen molar-refractivity contribution < 1.29 is 14.4 Å². The number of hydrogen-bond acceptors (Lipinski definition) is 6. The maximum absolute atomic E-state index is 11.7. The van der Waals surface area contributed by atoms with Crippen LogP contribution in [0.15, 0.2) is 18.3 Å². The van der Waals surface area contributed by atoms with Gasteiger partial charge in [-0.05, 0) is 12.1 Å². The zero-order chi connectivity index (χ0) is 13.1. The van der Waals surface area contributed by atoms with Crippen LogP contribution in [0.3, 0.4) is 0 Å². The molecule has 0 atom stereocenters. The molecule has 0 spiro atoms. The Balaban J connectivity index is 2.07. The molecule has 0 unspecified atom stereocenters. The molecule has 1 fully saturated rings. The van der Waals surface area contributed by atoms with Crippen molar-refractivity contribution in [1.29, 1.82) is 0 Å². The highest BCUT2D eigenvalue weighted by molar-refractivity contribution is 6.05. The monoisotopic (exact) mass is 249 g/mol. The second kappa shape index (κ2) is 4.80. The van der Waals surface area contributed by atoms with E-state index in [1.807, 2.05) is 0 Å². The Kier molecular flexibility index (Phi) is 3.20. The summed E-state index contributed by atoms with van der Waals surface area (Å²) in [6.07, 6.45) is 1.52. The van der Waals surface area contributed by atoms with E-state index in [1.165, 1.54) is 18.3 Å². The maximum atomic E-state index is 11.7. The fraction of sp³-hybridized carbons (Fsp3) is 0.200. The lowest BCUT2D eigenvalue weighted by atomic mass is 10.3. The van der Waals surface area contributed by atoms with Gasteiger partial charge < -0.3 is 5.43 Å². The number of rotatable bonds is 3. The van der Waals surface area contributed by atoms with Gasteiger partial charge in [-0.1, -0.05) is 0 Å². The van der Waals surface area contributed by atoms with E-state index < -0.39 is 17.7 Å². The van der Waals surface area contributed by atoms with Gasteiger partial charge >= 0.3 is 0 Å². The normalized spacial score (nSPS) is 14.8. The van der Waals surface area contributed by atoms with E-state index in [-0.39, 0.29) is 18.4 Å². The molecular formula is C10H11N5O3. The summed E-state index contributed by atoms with van der Waals surface area (Å²) >= 11 is 0. The van der Waals surface area contributed by atoms with Gasteiger partial charge in [-0.15, -0.1) is 0 Å². The number of carbonyl (C=O) groups is 3. The minimum Gasteiger partial charge on any atom is -0.308 e. The van der Waals surface area contributed by atoms with E-state index in [2.05, 4.69) is 15.8 Å². The van der Waals surface area contributed by atoms with Gasteiger partial charge in [0.1, 0.15) is 5.82 Å². The van der Waals surface area contributed by atoms with Crippen molar-refractivity contribution in [3.05, 3.63) is 23.9 Å². The van der Waals surface area contributed by atoms with Crippen molar-refractivity contribution >= 4 is 23.5 Å². The summed E-state index contributed by atoms with van der Waals surface area (Å²) in [7, 11) is 0. The van der Waals surface area contributed by atoms with Crippen molar-refractivity contribution in [2.75, 3.05) is 5.43 Å². The molecule has 8 nitrogen and oxygen atoms in total. The lowest BCUT2D eigenvalue weighted by molar-refractivity contribution is -0.141. The first-order chi connectivity index (χ1) is 8.61. The first-order valence-electron chi connectivity index (χ1n) is 5.21. The largest absolute Gasteiger partial charge is 0.308 e. The second-order valence-corrected chi connectivity index (χ2v) is 3.64. The van der Waals surface area contributed by atoms with Gasteiger partial charge in [0.2, 0.25) is 11.8 Å². The van der Waals surface area contributed by atoms with Crippen molar-refractivity contribution in [3.8, 4) is 0 Å². The molecule has 2 rings (SSSR count). The first kappa shape index (κ1) is 12.0. The van der Waals surface area contributed by atoms with Crippen LogP contribution in [0.4, 0.5) is 5.82 Å². The fourth-order valence-electron chi connectivity index (χ4n) is 1.48. The van der Waals surface area contributed by atoms with Crippen LogP contribution >= 0.6 is 0 Å². The summed E-state index contributed by atoms with van der Waals surface area (Å²) in [4.78, 5) is 38.2. The summed E-state index contributed by atoms with van der Waals surface area (Å²) in [5.41, 5.74) is 4.78. The highest BCUT2D eigenvalue weighted by Crippen LogP contribution is 2.10. The summed E-state index contributed by atoms with van der Waals surface area (Å²) in [5.74, 6) is 4.13. The van der Waals surface area contributed by atoms with E-state index in [1.54, 1.807) is 0 Å². The molecular weight excluding hydrogens is 238 g/mol. The summed E-state index contributed by atoms with van der Waals surface area (Å²) in [6.45, 7) is 0. The third-order valence-corrected chi connectivity index (χ3v) is 2.44. The zero-order valence-electron chi connectivity index (χ0n) is 9.34. The number of aromatic nitrogens is 1. The molecule has 1 aromatic heterocycles. The van der Waals surface area contributed by atoms with E-state index in [9.17, 15) is 14.4 Å². The third kappa shape index (κ3) is 2.28. The van der Waals surface area contributed by atoms with E-state index in [0.717, 1.165) is 5.01 Å². The average Bonchev–Trinajstić information content (AvgIpc) is 2.70. The summed E-state index contributed by atoms with van der Waals surface area (Å²) in [5, 5.41) is 0.734. The predicted molar refractivity (Wildman–Crippen MR) is 60.6 cm³/mol. The van der Waals surface area contributed by atoms with Gasteiger partial charge in [-0.3, -0.25) is 19.8 Å². The number of nitrogens with one attached hydrogen (secondary N) is 2. The Labute approximate surface area is 102 Å². The molecule has 0 radical (unpaired) electrons. The van der Waals surface area contributed by atoms with Crippen molar-refractivity contribution in [2.24, 2.45) is 5.84 Å². The molecule has 0 saturated carbocycles. The van der Waals surface area contributed by atoms with Gasteiger partial charge in [-0.2, -0.15) is 5.01 Å². The predicted octanol–water partition coefficient (Wildman–Crippen LogP) is -0.839. The Morgan fingerprint density at radius 3 is 2.44 bits per heavy atom. The van der Waals surface area contributed by atoms with Gasteiger partial charge in [0.05, 0.1) is 5.56 Å². The highest BCUT2D eigenvalue weighted by Gasteiger charge is 2.30. The molecule has 0 aromatic carbocycles. The molecule has 8 heteroatoms. The van der Waals surface area contributed by atoms with E-state index in [4.69, 9.17) is 5.84 Å². The third-order valence-electron chi connectivity index (χ3n) is 2.44. The Hall–Kier alpha value is -2.48. The van der Waals surface area contributed by atoms with Gasteiger partial charge in [0, 0.05) is 19.0 Å². The number of pyridine rings is 1. The lowest BCUT2D eigenvalue weighted by Crippen LogP contribution is -2.45. The number of imide groups is 1. The van der Waals surface area contributed by atoms with Crippen LogP contribution in [0, 0.1) is 0 Å². The molecule has 2 heterocycles. The topological polar surface area (TPSA) is 117 Å². The number of hydrogen-bond donors (Lipinski definition) is 3. The van der Waals surface area contributed by atoms with Crippen LogP contribution in [0.5, 0.6) is 0 Å². The molecule has 94 valence electrons. The highest BCUT2D eigenvalue weighted by atomic mass is 16.2. The molecule has 3 amide bonds. The van der Waals surface area contributed by atoms with Gasteiger partial charge in [0.25, 0.3) is 5.91 Å². The summed E-state index contributed by atoms with van der Waals surface area (Å²) in [6, 6.07) is 2.98. The number of nitrogens with two attached hydrogens (primary N) is 1. The van der Waals surface area contributed by atoms with Crippen LogP contribution in [0.2, 0.25) is 0 Å². The molecule has 1 aliphatic heterocycles. The Morgan fingerprint density at radius 1 is 1.28 bits per heavy atom. The summed E-state index contributed by atoms with van der Waals surface area (Å²) < 4.78 is 0. The SMILES string of the molecule is NNc1ccc(C(=O)NN2C(=O)CCC2=O)cn1. The molecule has 0 aliphatic carbocycles. The number of carbonyl (C=O) groups excluding carboxylic acids is 3. The minimum atomic E-state index is -0.574. The number of nitrogen functional groups attached to an aromatic ring is 1. The average molecular weight is 249 g/mol. The van der Waals surface area contributed by atoms with Crippen LogP contribution in [-0.2, 0) is 9.59 Å².